The van der Waals surface area contributed by atoms with Crippen molar-refractivity contribution >= 4 is 16.8 Å². The van der Waals surface area contributed by atoms with Gasteiger partial charge in [-0.05, 0) is 75.7 Å². The van der Waals surface area contributed by atoms with E-state index in [1.165, 1.54) is 12.1 Å². The molecule has 7 heteroatoms. The van der Waals surface area contributed by atoms with Gasteiger partial charge in [0, 0.05) is 23.6 Å². The normalized spacial score (nSPS) is 11.2. The summed E-state index contributed by atoms with van der Waals surface area (Å²) in [6.07, 6.45) is 5.00. The Hall–Kier alpha value is -1.96. The second-order valence-corrected chi connectivity index (χ2v) is 6.38. The van der Waals surface area contributed by atoms with Crippen molar-refractivity contribution in [1.82, 2.24) is 20.9 Å². The zero-order valence-electron chi connectivity index (χ0n) is 15.2. The van der Waals surface area contributed by atoms with E-state index in [1.54, 1.807) is 12.3 Å². The summed E-state index contributed by atoms with van der Waals surface area (Å²) in [7, 11) is 0. The van der Waals surface area contributed by atoms with Crippen LogP contribution in [0.1, 0.15) is 24.8 Å². The fraction of sp³-hybridized carbons (Fsp3) is 0.526. The predicted octanol–water partition coefficient (Wildman–Crippen LogP) is 1.27. The molecule has 0 bridgehead atoms. The first kappa shape index (κ1) is 20.4. The maximum Gasteiger partial charge on any atom is 0.224 e. The minimum Gasteiger partial charge on any atom is -0.361 e. The number of carbonyl (C=O) groups excluding carboxylic acids is 1. The maximum absolute atomic E-state index is 13.4. The van der Waals surface area contributed by atoms with E-state index in [-0.39, 0.29) is 18.1 Å². The molecular formula is C19H30FN5O. The van der Waals surface area contributed by atoms with E-state index in [2.05, 4.69) is 20.9 Å². The van der Waals surface area contributed by atoms with Gasteiger partial charge in [-0.25, -0.2) is 4.39 Å². The van der Waals surface area contributed by atoms with Crippen LogP contribution in [0, 0.1) is 5.82 Å². The zero-order chi connectivity index (χ0) is 18.6. The van der Waals surface area contributed by atoms with Gasteiger partial charge < -0.3 is 26.7 Å². The average Bonchev–Trinajstić information content (AvgIpc) is 3.01. The minimum absolute atomic E-state index is 0.0423. The van der Waals surface area contributed by atoms with E-state index in [0.717, 1.165) is 68.5 Å². The fourth-order valence-corrected chi connectivity index (χ4v) is 2.79. The Morgan fingerprint density at radius 1 is 1.04 bits per heavy atom. The Balaban J connectivity index is 1.53. The van der Waals surface area contributed by atoms with Crippen LogP contribution in [0.3, 0.4) is 0 Å². The van der Waals surface area contributed by atoms with Gasteiger partial charge >= 0.3 is 0 Å². The molecule has 1 aromatic heterocycles. The van der Waals surface area contributed by atoms with Gasteiger partial charge in [0.15, 0.2) is 0 Å². The highest BCUT2D eigenvalue weighted by atomic mass is 19.1. The second-order valence-electron chi connectivity index (χ2n) is 6.38. The van der Waals surface area contributed by atoms with Crippen molar-refractivity contribution in [3.05, 3.63) is 35.8 Å². The van der Waals surface area contributed by atoms with Gasteiger partial charge in [0.25, 0.3) is 0 Å². The topological polar surface area (TPSA) is 95.0 Å². The predicted molar refractivity (Wildman–Crippen MR) is 104 cm³/mol. The number of benzene rings is 1. The lowest BCUT2D eigenvalue weighted by atomic mass is 10.1. The molecule has 144 valence electrons. The lowest BCUT2D eigenvalue weighted by Gasteiger charge is -2.07. The molecule has 0 spiro atoms. The van der Waals surface area contributed by atoms with Gasteiger partial charge in [0.05, 0.1) is 6.42 Å². The lowest BCUT2D eigenvalue weighted by molar-refractivity contribution is -0.120. The van der Waals surface area contributed by atoms with Crippen molar-refractivity contribution < 1.29 is 9.18 Å². The van der Waals surface area contributed by atoms with Crippen LogP contribution in [0.5, 0.6) is 0 Å². The van der Waals surface area contributed by atoms with E-state index >= 15 is 0 Å². The van der Waals surface area contributed by atoms with E-state index < -0.39 is 0 Å². The molecule has 1 aromatic carbocycles. The van der Waals surface area contributed by atoms with Crippen molar-refractivity contribution in [3.63, 3.8) is 0 Å². The van der Waals surface area contributed by atoms with Crippen LogP contribution in [0.4, 0.5) is 4.39 Å². The number of rotatable bonds is 13. The molecule has 0 atom stereocenters. The van der Waals surface area contributed by atoms with Gasteiger partial charge in [0.2, 0.25) is 5.91 Å². The Kier molecular flexibility index (Phi) is 9.09. The van der Waals surface area contributed by atoms with E-state index in [4.69, 9.17) is 5.73 Å². The smallest absolute Gasteiger partial charge is 0.224 e. The van der Waals surface area contributed by atoms with E-state index in [0.29, 0.717) is 6.54 Å². The first-order valence-electron chi connectivity index (χ1n) is 9.34. The van der Waals surface area contributed by atoms with Crippen molar-refractivity contribution in [3.8, 4) is 0 Å². The van der Waals surface area contributed by atoms with Crippen molar-refractivity contribution in [2.75, 3.05) is 39.3 Å². The molecule has 0 fully saturated rings. The lowest BCUT2D eigenvalue weighted by Crippen LogP contribution is -2.29. The third kappa shape index (κ3) is 7.11. The third-order valence-electron chi connectivity index (χ3n) is 4.20. The van der Waals surface area contributed by atoms with Gasteiger partial charge in [-0.3, -0.25) is 4.79 Å². The standard InChI is InChI=1S/C19H30FN5O/c20-16-4-5-18-17(13-16)15(14-25-18)12-19(26)24-11-3-10-23-9-2-8-22-7-1-6-21/h4-5,13-14,22-23,25H,1-3,6-12,21H2,(H,24,26). The maximum atomic E-state index is 13.4. The van der Waals surface area contributed by atoms with E-state index in [9.17, 15) is 9.18 Å². The molecule has 0 radical (unpaired) electrons. The summed E-state index contributed by atoms with van der Waals surface area (Å²) >= 11 is 0. The summed E-state index contributed by atoms with van der Waals surface area (Å²) in [6, 6.07) is 4.56. The fourth-order valence-electron chi connectivity index (χ4n) is 2.79. The molecule has 0 aliphatic rings. The molecule has 1 amide bonds. The average molecular weight is 363 g/mol. The number of fused-ring (bicyclic) bond motifs is 1. The highest BCUT2D eigenvalue weighted by molar-refractivity contribution is 5.88. The van der Waals surface area contributed by atoms with Gasteiger partial charge in [0.1, 0.15) is 5.82 Å². The summed E-state index contributed by atoms with van der Waals surface area (Å²) in [5.74, 6) is -0.335. The summed E-state index contributed by atoms with van der Waals surface area (Å²) in [5.41, 5.74) is 7.09. The first-order chi connectivity index (χ1) is 12.7. The second kappa shape index (κ2) is 11.6. The number of carbonyl (C=O) groups is 1. The Labute approximate surface area is 154 Å². The van der Waals surface area contributed by atoms with Crippen molar-refractivity contribution in [1.29, 1.82) is 0 Å². The molecule has 6 N–H and O–H groups in total. The molecule has 2 aromatic rings. The number of halogens is 1. The number of H-pyrrole nitrogens is 1. The molecular weight excluding hydrogens is 333 g/mol. The number of amides is 1. The Morgan fingerprint density at radius 3 is 2.46 bits per heavy atom. The molecule has 0 unspecified atom stereocenters. The quantitative estimate of drug-likeness (QED) is 0.347. The Morgan fingerprint density at radius 2 is 1.73 bits per heavy atom. The first-order valence-corrected chi connectivity index (χ1v) is 9.34. The van der Waals surface area contributed by atoms with Crippen LogP contribution in [0.15, 0.2) is 24.4 Å². The van der Waals surface area contributed by atoms with Gasteiger partial charge in [-0.2, -0.15) is 0 Å². The molecule has 26 heavy (non-hydrogen) atoms. The largest absolute Gasteiger partial charge is 0.361 e. The summed E-state index contributed by atoms with van der Waals surface area (Å²) in [6.45, 7) is 5.18. The SMILES string of the molecule is NCCCNCCCNCCCNC(=O)Cc1c[nH]c2ccc(F)cc12. The van der Waals surface area contributed by atoms with Crippen LogP contribution >= 0.6 is 0 Å². The summed E-state index contributed by atoms with van der Waals surface area (Å²) in [5, 5.41) is 10.4. The van der Waals surface area contributed by atoms with Crippen LogP contribution in [-0.2, 0) is 11.2 Å². The molecule has 0 aliphatic carbocycles. The van der Waals surface area contributed by atoms with Crippen LogP contribution in [0.25, 0.3) is 10.9 Å². The molecule has 6 nitrogen and oxygen atoms in total. The zero-order valence-corrected chi connectivity index (χ0v) is 15.2. The number of nitrogens with one attached hydrogen (secondary N) is 4. The number of hydrogen-bond donors (Lipinski definition) is 5. The third-order valence-corrected chi connectivity index (χ3v) is 4.20. The van der Waals surface area contributed by atoms with Crippen LogP contribution in [0.2, 0.25) is 0 Å². The molecule has 0 saturated heterocycles. The number of hydrogen-bond acceptors (Lipinski definition) is 4. The van der Waals surface area contributed by atoms with Crippen molar-refractivity contribution in [2.45, 2.75) is 25.7 Å². The van der Waals surface area contributed by atoms with Gasteiger partial charge in [-0.1, -0.05) is 0 Å². The summed E-state index contributed by atoms with van der Waals surface area (Å²) in [4.78, 5) is 15.1. The molecule has 1 heterocycles. The number of nitrogens with two attached hydrogens (primary N) is 1. The van der Waals surface area contributed by atoms with Crippen LogP contribution < -0.4 is 21.7 Å². The highest BCUT2D eigenvalue weighted by Crippen LogP contribution is 2.19. The number of aromatic amines is 1. The molecule has 0 saturated carbocycles. The van der Waals surface area contributed by atoms with Crippen LogP contribution in [-0.4, -0.2) is 50.2 Å². The Bertz CT molecular complexity index is 673. The molecule has 2 rings (SSSR count). The monoisotopic (exact) mass is 363 g/mol. The van der Waals surface area contributed by atoms with Gasteiger partial charge in [-0.15, -0.1) is 0 Å². The minimum atomic E-state index is -0.292. The highest BCUT2D eigenvalue weighted by Gasteiger charge is 2.09. The summed E-state index contributed by atoms with van der Waals surface area (Å²) < 4.78 is 13.4. The van der Waals surface area contributed by atoms with E-state index in [1.807, 2.05) is 0 Å². The molecule has 0 aliphatic heterocycles. The number of aromatic nitrogens is 1. The van der Waals surface area contributed by atoms with Crippen molar-refractivity contribution in [2.24, 2.45) is 5.73 Å².